The molecule has 4 nitrogen and oxygen atoms in total. The number of rotatable bonds is 8. The van der Waals surface area contributed by atoms with Gasteiger partial charge in [-0.05, 0) is 68.9 Å². The molecule has 0 aliphatic heterocycles. The van der Waals surface area contributed by atoms with Crippen LogP contribution in [0.15, 0.2) is 54.6 Å². The zero-order valence-electron chi connectivity index (χ0n) is 14.2. The molecule has 0 aromatic heterocycles. The van der Waals surface area contributed by atoms with E-state index in [1.165, 1.54) is 0 Å². The molecule has 0 heterocycles. The lowest BCUT2D eigenvalue weighted by Crippen LogP contribution is -2.29. The van der Waals surface area contributed by atoms with Crippen molar-refractivity contribution in [1.29, 1.82) is 0 Å². The summed E-state index contributed by atoms with van der Waals surface area (Å²) in [4.78, 5) is 0. The molecule has 0 unspecified atom stereocenters. The van der Waals surface area contributed by atoms with Gasteiger partial charge in [0.05, 0.1) is 6.10 Å². The quantitative estimate of drug-likeness (QED) is 0.485. The van der Waals surface area contributed by atoms with Crippen molar-refractivity contribution in [3.8, 4) is 0 Å². The summed E-state index contributed by atoms with van der Waals surface area (Å²) in [5, 5.41) is 10.3. The lowest BCUT2D eigenvalue weighted by Gasteiger charge is -2.12. The van der Waals surface area contributed by atoms with Crippen molar-refractivity contribution in [3.05, 3.63) is 54.6 Å². The van der Waals surface area contributed by atoms with Gasteiger partial charge in [0.25, 0.3) is 0 Å². The molecule has 0 atom stereocenters. The fraction of sp³-hybridized carbons (Fsp3) is 0.316. The first-order chi connectivity index (χ1) is 11.6. The molecule has 0 bridgehead atoms. The normalized spacial score (nSPS) is 10.5. The molecule has 0 saturated heterocycles. The summed E-state index contributed by atoms with van der Waals surface area (Å²) in [6, 6.07) is 18.1. The van der Waals surface area contributed by atoms with Crippen LogP contribution in [0.5, 0.6) is 0 Å². The number of nitrogens with one attached hydrogen (secondary N) is 3. The number of benzene rings is 2. The second-order valence-corrected chi connectivity index (χ2v) is 6.13. The number of hydrogen-bond acceptors (Lipinski definition) is 3. The van der Waals surface area contributed by atoms with Crippen LogP contribution in [0.3, 0.4) is 0 Å². The summed E-state index contributed by atoms with van der Waals surface area (Å²) in [6.45, 7) is 5.62. The van der Waals surface area contributed by atoms with E-state index in [9.17, 15) is 0 Å². The van der Waals surface area contributed by atoms with Crippen LogP contribution in [0.2, 0.25) is 0 Å². The first-order valence-electron chi connectivity index (χ1n) is 8.22. The highest BCUT2D eigenvalue weighted by atomic mass is 32.1. The molecule has 2 aromatic carbocycles. The minimum atomic E-state index is 0.276. The molecule has 24 heavy (non-hydrogen) atoms. The van der Waals surface area contributed by atoms with Gasteiger partial charge in [-0.3, -0.25) is 0 Å². The highest BCUT2D eigenvalue weighted by molar-refractivity contribution is 7.80. The molecule has 0 aliphatic rings. The molecular formula is C19H25N3OS. The van der Waals surface area contributed by atoms with Gasteiger partial charge in [-0.25, -0.2) is 0 Å². The molecule has 5 heteroatoms. The van der Waals surface area contributed by atoms with E-state index < -0.39 is 0 Å². The van der Waals surface area contributed by atoms with Crippen molar-refractivity contribution in [2.45, 2.75) is 26.4 Å². The van der Waals surface area contributed by atoms with E-state index in [1.807, 2.05) is 68.4 Å². The maximum atomic E-state index is 5.49. The molecule has 0 spiro atoms. The molecule has 0 saturated carbocycles. The summed E-state index contributed by atoms with van der Waals surface area (Å²) in [7, 11) is 0. The van der Waals surface area contributed by atoms with Crippen LogP contribution >= 0.6 is 12.2 Å². The number of hydrogen-bond donors (Lipinski definition) is 3. The van der Waals surface area contributed by atoms with E-state index in [1.54, 1.807) is 0 Å². The fourth-order valence-electron chi connectivity index (χ4n) is 2.09. The smallest absolute Gasteiger partial charge is 0.170 e. The number of anilines is 3. The highest BCUT2D eigenvalue weighted by Gasteiger charge is 1.99. The van der Waals surface area contributed by atoms with Crippen LogP contribution in [0.1, 0.15) is 20.3 Å². The van der Waals surface area contributed by atoms with Crippen molar-refractivity contribution in [2.24, 2.45) is 0 Å². The van der Waals surface area contributed by atoms with E-state index in [2.05, 4.69) is 16.0 Å². The molecule has 128 valence electrons. The minimum Gasteiger partial charge on any atom is -0.379 e. The van der Waals surface area contributed by atoms with Gasteiger partial charge in [0.1, 0.15) is 0 Å². The Bertz CT molecular complexity index is 614. The minimum absolute atomic E-state index is 0.276. The topological polar surface area (TPSA) is 45.3 Å². The van der Waals surface area contributed by atoms with Gasteiger partial charge in [0.15, 0.2) is 5.11 Å². The first kappa shape index (κ1) is 18.2. The van der Waals surface area contributed by atoms with Crippen LogP contribution < -0.4 is 16.0 Å². The lowest BCUT2D eigenvalue weighted by molar-refractivity contribution is 0.0777. The van der Waals surface area contributed by atoms with Crippen LogP contribution in [0, 0.1) is 0 Å². The predicted molar refractivity (Wildman–Crippen MR) is 106 cm³/mol. The van der Waals surface area contributed by atoms with Gasteiger partial charge in [0, 0.05) is 30.2 Å². The van der Waals surface area contributed by atoms with Crippen molar-refractivity contribution in [3.63, 3.8) is 0 Å². The zero-order valence-corrected chi connectivity index (χ0v) is 15.0. The third-order valence-corrected chi connectivity index (χ3v) is 3.51. The number of ether oxygens (including phenoxy) is 1. The van der Waals surface area contributed by atoms with Gasteiger partial charge in [-0.1, -0.05) is 18.2 Å². The predicted octanol–water partition coefficient (Wildman–Crippen LogP) is 4.53. The Kier molecular flexibility index (Phi) is 7.52. The SMILES string of the molecule is CC(C)OCCCNC(=S)Nc1ccc(Nc2ccccc2)cc1. The molecule has 0 fully saturated rings. The second-order valence-electron chi connectivity index (χ2n) is 5.72. The van der Waals surface area contributed by atoms with Crippen molar-refractivity contribution in [1.82, 2.24) is 5.32 Å². The van der Waals surface area contributed by atoms with Crippen molar-refractivity contribution in [2.75, 3.05) is 23.8 Å². The molecule has 3 N–H and O–H groups in total. The van der Waals surface area contributed by atoms with Gasteiger partial charge < -0.3 is 20.7 Å². The standard InChI is InChI=1S/C19H25N3OS/c1-15(2)23-14-6-13-20-19(24)22-18-11-9-17(10-12-18)21-16-7-4-3-5-8-16/h3-5,7-12,15,21H,6,13-14H2,1-2H3,(H2,20,22,24). The Morgan fingerprint density at radius 2 is 1.58 bits per heavy atom. The third kappa shape index (κ3) is 6.98. The molecule has 0 aliphatic carbocycles. The second kappa shape index (κ2) is 9.90. The summed E-state index contributed by atoms with van der Waals surface area (Å²) < 4.78 is 5.49. The maximum absolute atomic E-state index is 5.49. The summed E-state index contributed by atoms with van der Waals surface area (Å²) in [6.07, 6.45) is 1.21. The summed E-state index contributed by atoms with van der Waals surface area (Å²) in [5.74, 6) is 0. The van der Waals surface area contributed by atoms with E-state index in [0.717, 1.165) is 36.6 Å². The van der Waals surface area contributed by atoms with Gasteiger partial charge in [-0.15, -0.1) is 0 Å². The zero-order chi connectivity index (χ0) is 17.2. The van der Waals surface area contributed by atoms with Gasteiger partial charge >= 0.3 is 0 Å². The van der Waals surface area contributed by atoms with Crippen LogP contribution in [0.4, 0.5) is 17.1 Å². The maximum Gasteiger partial charge on any atom is 0.170 e. The van der Waals surface area contributed by atoms with Crippen LogP contribution in [0.25, 0.3) is 0 Å². The molecule has 2 rings (SSSR count). The molecule has 2 aromatic rings. The number of thiocarbonyl (C=S) groups is 1. The highest BCUT2D eigenvalue weighted by Crippen LogP contribution is 2.18. The monoisotopic (exact) mass is 343 g/mol. The first-order valence-corrected chi connectivity index (χ1v) is 8.63. The van der Waals surface area contributed by atoms with E-state index in [-0.39, 0.29) is 6.10 Å². The summed E-state index contributed by atoms with van der Waals surface area (Å²) in [5.41, 5.74) is 3.07. The fourth-order valence-corrected chi connectivity index (χ4v) is 2.31. The van der Waals surface area contributed by atoms with E-state index in [0.29, 0.717) is 5.11 Å². The third-order valence-electron chi connectivity index (χ3n) is 3.26. The average molecular weight is 343 g/mol. The van der Waals surface area contributed by atoms with Crippen molar-refractivity contribution < 1.29 is 4.74 Å². The Balaban J connectivity index is 1.72. The van der Waals surface area contributed by atoms with Gasteiger partial charge in [-0.2, -0.15) is 0 Å². The van der Waals surface area contributed by atoms with Gasteiger partial charge in [0.2, 0.25) is 0 Å². The Hall–Kier alpha value is -2.11. The number of para-hydroxylation sites is 1. The van der Waals surface area contributed by atoms with E-state index in [4.69, 9.17) is 17.0 Å². The van der Waals surface area contributed by atoms with Crippen molar-refractivity contribution >= 4 is 34.4 Å². The largest absolute Gasteiger partial charge is 0.379 e. The summed E-state index contributed by atoms with van der Waals surface area (Å²) >= 11 is 5.30. The lowest BCUT2D eigenvalue weighted by atomic mass is 10.2. The Morgan fingerprint density at radius 1 is 0.958 bits per heavy atom. The molecule has 0 radical (unpaired) electrons. The molecule has 0 amide bonds. The van der Waals surface area contributed by atoms with Crippen LogP contribution in [-0.4, -0.2) is 24.4 Å². The van der Waals surface area contributed by atoms with Crippen LogP contribution in [-0.2, 0) is 4.74 Å². The Morgan fingerprint density at radius 3 is 2.25 bits per heavy atom. The van der Waals surface area contributed by atoms with E-state index >= 15 is 0 Å². The Labute approximate surface area is 149 Å². The molecular weight excluding hydrogens is 318 g/mol. The average Bonchev–Trinajstić information content (AvgIpc) is 2.57.